The van der Waals surface area contributed by atoms with Crippen molar-refractivity contribution < 1.29 is 0 Å². The van der Waals surface area contributed by atoms with Crippen LogP contribution in [0.25, 0.3) is 10.8 Å². The van der Waals surface area contributed by atoms with Gasteiger partial charge in [0, 0.05) is 17.1 Å². The standard InChI is InChI=1S/C11H7N2/c1-3-8-4-2-6-10-11(8)9(5-1)12-7-13-10/h1-5,7H,(H,12,13). The monoisotopic (exact) mass is 167 g/mol. The number of benzene rings is 2. The third-order valence-electron chi connectivity index (χ3n) is 2.23. The second kappa shape index (κ2) is 2.33. The first kappa shape index (κ1) is 6.66. The second-order valence-electron chi connectivity index (χ2n) is 3.00. The average Bonchev–Trinajstić information content (AvgIpc) is 2.19. The summed E-state index contributed by atoms with van der Waals surface area (Å²) in [4.78, 5) is 4.22. The molecule has 3 rings (SSSR count). The molecule has 0 saturated carbocycles. The van der Waals surface area contributed by atoms with Crippen molar-refractivity contribution in [2.75, 3.05) is 5.32 Å². The Morgan fingerprint density at radius 2 is 2.23 bits per heavy atom. The van der Waals surface area contributed by atoms with Crippen LogP contribution in [0.3, 0.4) is 0 Å². The summed E-state index contributed by atoms with van der Waals surface area (Å²) in [7, 11) is 0. The van der Waals surface area contributed by atoms with Gasteiger partial charge in [0.15, 0.2) is 0 Å². The summed E-state index contributed by atoms with van der Waals surface area (Å²) in [6.07, 6.45) is 1.70. The van der Waals surface area contributed by atoms with Crippen LogP contribution in [0.4, 0.5) is 11.4 Å². The van der Waals surface area contributed by atoms with E-state index in [4.69, 9.17) is 0 Å². The molecular weight excluding hydrogens is 160 g/mol. The van der Waals surface area contributed by atoms with Gasteiger partial charge in [-0.1, -0.05) is 24.3 Å². The molecule has 0 aromatic heterocycles. The molecule has 2 nitrogen and oxygen atoms in total. The van der Waals surface area contributed by atoms with E-state index in [1.165, 1.54) is 5.39 Å². The minimum Gasteiger partial charge on any atom is -0.346 e. The minimum absolute atomic E-state index is 0.923. The fourth-order valence-electron chi connectivity index (χ4n) is 1.64. The van der Waals surface area contributed by atoms with Crippen molar-refractivity contribution in [3.63, 3.8) is 0 Å². The van der Waals surface area contributed by atoms with E-state index in [0.717, 1.165) is 16.8 Å². The van der Waals surface area contributed by atoms with E-state index >= 15 is 0 Å². The lowest BCUT2D eigenvalue weighted by Gasteiger charge is -2.11. The molecule has 0 saturated heterocycles. The molecule has 13 heavy (non-hydrogen) atoms. The lowest BCUT2D eigenvalue weighted by Crippen LogP contribution is -1.99. The Morgan fingerprint density at radius 1 is 1.23 bits per heavy atom. The van der Waals surface area contributed by atoms with Crippen LogP contribution in [0.1, 0.15) is 0 Å². The van der Waals surface area contributed by atoms with E-state index in [0.29, 0.717) is 0 Å². The van der Waals surface area contributed by atoms with Crippen molar-refractivity contribution in [2.45, 2.75) is 0 Å². The molecule has 2 aromatic carbocycles. The van der Waals surface area contributed by atoms with E-state index in [2.05, 4.69) is 22.4 Å². The molecule has 1 aliphatic rings. The van der Waals surface area contributed by atoms with Gasteiger partial charge in [-0.15, -0.1) is 0 Å². The highest BCUT2D eigenvalue weighted by Crippen LogP contribution is 2.33. The molecule has 0 bridgehead atoms. The van der Waals surface area contributed by atoms with Crippen molar-refractivity contribution in [3.8, 4) is 0 Å². The Morgan fingerprint density at radius 3 is 3.23 bits per heavy atom. The minimum atomic E-state index is 0.923. The first-order valence-electron chi connectivity index (χ1n) is 4.18. The SMILES string of the molecule is [c]1ccc2cccc3c2c1N=CN3. The van der Waals surface area contributed by atoms with E-state index in [1.807, 2.05) is 24.3 Å². The van der Waals surface area contributed by atoms with Gasteiger partial charge in [-0.2, -0.15) is 0 Å². The molecule has 1 aliphatic heterocycles. The molecule has 1 heterocycles. The van der Waals surface area contributed by atoms with Gasteiger partial charge in [-0.05, 0) is 11.5 Å². The molecule has 1 N–H and O–H groups in total. The maximum Gasteiger partial charge on any atom is 0.0931 e. The van der Waals surface area contributed by atoms with Crippen molar-refractivity contribution >= 4 is 28.5 Å². The third-order valence-corrected chi connectivity index (χ3v) is 2.23. The van der Waals surface area contributed by atoms with Crippen LogP contribution in [-0.2, 0) is 0 Å². The van der Waals surface area contributed by atoms with Crippen LogP contribution in [0.2, 0.25) is 0 Å². The summed E-state index contributed by atoms with van der Waals surface area (Å²) >= 11 is 0. The van der Waals surface area contributed by atoms with Crippen molar-refractivity contribution in [2.24, 2.45) is 4.99 Å². The van der Waals surface area contributed by atoms with Crippen LogP contribution in [0.5, 0.6) is 0 Å². The second-order valence-corrected chi connectivity index (χ2v) is 3.00. The van der Waals surface area contributed by atoms with Gasteiger partial charge in [0.25, 0.3) is 0 Å². The van der Waals surface area contributed by atoms with Gasteiger partial charge in [-0.25, -0.2) is 4.99 Å². The topological polar surface area (TPSA) is 24.4 Å². The smallest absolute Gasteiger partial charge is 0.0931 e. The van der Waals surface area contributed by atoms with Gasteiger partial charge >= 0.3 is 0 Å². The van der Waals surface area contributed by atoms with Gasteiger partial charge in [0.2, 0.25) is 0 Å². The van der Waals surface area contributed by atoms with E-state index in [9.17, 15) is 0 Å². The quantitative estimate of drug-likeness (QED) is 0.641. The fraction of sp³-hybridized carbons (Fsp3) is 0. The molecule has 61 valence electrons. The van der Waals surface area contributed by atoms with E-state index < -0.39 is 0 Å². The molecule has 0 unspecified atom stereocenters. The molecule has 0 spiro atoms. The number of nitrogens with one attached hydrogen (secondary N) is 1. The van der Waals surface area contributed by atoms with E-state index in [1.54, 1.807) is 6.34 Å². The highest BCUT2D eigenvalue weighted by Gasteiger charge is 2.07. The summed E-state index contributed by atoms with van der Waals surface area (Å²) in [5.41, 5.74) is 2.03. The first-order chi connectivity index (χ1) is 6.45. The maximum atomic E-state index is 4.22. The Bertz CT molecular complexity index is 495. The fourth-order valence-corrected chi connectivity index (χ4v) is 1.64. The molecule has 2 aromatic rings. The summed E-state index contributed by atoms with van der Waals surface area (Å²) in [5, 5.41) is 5.48. The predicted molar refractivity (Wildman–Crippen MR) is 54.6 cm³/mol. The number of anilines is 1. The predicted octanol–water partition coefficient (Wildman–Crippen LogP) is 2.73. The molecule has 0 atom stereocenters. The highest BCUT2D eigenvalue weighted by molar-refractivity contribution is 6.08. The zero-order valence-corrected chi connectivity index (χ0v) is 6.91. The van der Waals surface area contributed by atoms with Gasteiger partial charge in [0.1, 0.15) is 0 Å². The molecule has 2 heteroatoms. The van der Waals surface area contributed by atoms with Crippen LogP contribution >= 0.6 is 0 Å². The molecule has 0 fully saturated rings. The summed E-state index contributed by atoms with van der Waals surface area (Å²) in [6, 6.07) is 13.2. The zero-order chi connectivity index (χ0) is 8.67. The number of aliphatic imine (C=N–C) groups is 1. The molecule has 1 radical (unpaired) electrons. The van der Waals surface area contributed by atoms with Crippen LogP contribution in [0.15, 0.2) is 35.3 Å². The number of hydrogen-bond donors (Lipinski definition) is 1. The summed E-state index contributed by atoms with van der Waals surface area (Å²) in [5.74, 6) is 0. The highest BCUT2D eigenvalue weighted by atomic mass is 15.0. The first-order valence-corrected chi connectivity index (χ1v) is 4.18. The number of rotatable bonds is 0. The third kappa shape index (κ3) is 0.855. The van der Waals surface area contributed by atoms with Gasteiger partial charge < -0.3 is 5.32 Å². The number of hydrogen-bond acceptors (Lipinski definition) is 2. The summed E-state index contributed by atoms with van der Waals surface area (Å²) < 4.78 is 0. The van der Waals surface area contributed by atoms with Crippen molar-refractivity contribution in [3.05, 3.63) is 36.4 Å². The number of nitrogens with zero attached hydrogens (tertiary/aromatic N) is 1. The normalized spacial score (nSPS) is 12.9. The lowest BCUT2D eigenvalue weighted by molar-refractivity contribution is 1.52. The van der Waals surface area contributed by atoms with E-state index in [-0.39, 0.29) is 0 Å². The Kier molecular flexibility index (Phi) is 1.19. The molecule has 0 amide bonds. The average molecular weight is 167 g/mol. The summed E-state index contributed by atoms with van der Waals surface area (Å²) in [6.45, 7) is 0. The zero-order valence-electron chi connectivity index (χ0n) is 6.91. The van der Waals surface area contributed by atoms with Crippen LogP contribution in [-0.4, -0.2) is 6.34 Å². The lowest BCUT2D eigenvalue weighted by atomic mass is 10.1. The Balaban J connectivity index is 2.56. The van der Waals surface area contributed by atoms with Crippen molar-refractivity contribution in [1.29, 1.82) is 0 Å². The molecule has 0 aliphatic carbocycles. The molecular formula is C11H7N2. The van der Waals surface area contributed by atoms with Crippen LogP contribution in [0, 0.1) is 6.07 Å². The van der Waals surface area contributed by atoms with Crippen LogP contribution < -0.4 is 5.32 Å². The van der Waals surface area contributed by atoms with Gasteiger partial charge in [0.05, 0.1) is 12.0 Å². The van der Waals surface area contributed by atoms with Crippen molar-refractivity contribution in [1.82, 2.24) is 0 Å². The largest absolute Gasteiger partial charge is 0.346 e. The Hall–Kier alpha value is -1.83. The Labute approximate surface area is 75.9 Å². The maximum absolute atomic E-state index is 4.22. The van der Waals surface area contributed by atoms with Gasteiger partial charge in [-0.3, -0.25) is 0 Å².